The van der Waals surface area contributed by atoms with Crippen LogP contribution in [0.5, 0.6) is 0 Å². The van der Waals surface area contributed by atoms with E-state index in [1.807, 2.05) is 37.3 Å². The number of nitrogens with two attached hydrogens (primary N) is 1. The maximum atomic E-state index is 11.7. The van der Waals surface area contributed by atoms with Crippen LogP contribution in [-0.2, 0) is 11.2 Å². The molecule has 0 bridgehead atoms. The van der Waals surface area contributed by atoms with Crippen molar-refractivity contribution in [1.29, 1.82) is 0 Å². The third kappa shape index (κ3) is 4.21. The molecule has 0 radical (unpaired) electrons. The molecule has 90 valence electrons. The van der Waals surface area contributed by atoms with Gasteiger partial charge in [-0.1, -0.05) is 30.3 Å². The number of rotatable bonds is 4. The van der Waals surface area contributed by atoms with E-state index in [9.17, 15) is 4.79 Å². The zero-order valence-corrected chi connectivity index (χ0v) is 10.5. The SMILES string of the molecule is CCN(C)C(=O)C(N)Cc1ccccc1.Cl. The van der Waals surface area contributed by atoms with Crippen LogP contribution in [0.15, 0.2) is 30.3 Å². The lowest BCUT2D eigenvalue weighted by Crippen LogP contribution is -2.42. The molecule has 1 aromatic carbocycles. The van der Waals surface area contributed by atoms with E-state index in [1.165, 1.54) is 0 Å². The van der Waals surface area contributed by atoms with Crippen molar-refractivity contribution in [2.24, 2.45) is 5.73 Å². The molecule has 16 heavy (non-hydrogen) atoms. The van der Waals surface area contributed by atoms with Crippen LogP contribution in [0, 0.1) is 0 Å². The van der Waals surface area contributed by atoms with E-state index in [0.717, 1.165) is 5.56 Å². The third-order valence-corrected chi connectivity index (χ3v) is 2.47. The van der Waals surface area contributed by atoms with E-state index >= 15 is 0 Å². The van der Waals surface area contributed by atoms with Gasteiger partial charge in [0.2, 0.25) is 5.91 Å². The molecule has 2 N–H and O–H groups in total. The van der Waals surface area contributed by atoms with Crippen molar-refractivity contribution in [2.45, 2.75) is 19.4 Å². The summed E-state index contributed by atoms with van der Waals surface area (Å²) in [5.74, 6) is 0.00125. The number of amides is 1. The monoisotopic (exact) mass is 242 g/mol. The summed E-state index contributed by atoms with van der Waals surface area (Å²) in [7, 11) is 1.77. The molecule has 0 aliphatic rings. The summed E-state index contributed by atoms with van der Waals surface area (Å²) in [5, 5.41) is 0. The molecule has 0 aliphatic heterocycles. The summed E-state index contributed by atoms with van der Waals surface area (Å²) in [5.41, 5.74) is 6.93. The molecule has 0 heterocycles. The molecule has 0 aromatic heterocycles. The highest BCUT2D eigenvalue weighted by Gasteiger charge is 2.16. The minimum Gasteiger partial charge on any atom is -0.345 e. The van der Waals surface area contributed by atoms with Crippen LogP contribution in [0.4, 0.5) is 0 Å². The normalized spacial score (nSPS) is 11.4. The lowest BCUT2D eigenvalue weighted by molar-refractivity contribution is -0.131. The number of benzene rings is 1. The molecule has 0 saturated carbocycles. The van der Waals surface area contributed by atoms with Crippen LogP contribution in [0.2, 0.25) is 0 Å². The molecule has 0 aliphatic carbocycles. The number of likely N-dealkylation sites (N-methyl/N-ethyl adjacent to an activating group) is 1. The topological polar surface area (TPSA) is 46.3 Å². The Morgan fingerprint density at radius 1 is 1.38 bits per heavy atom. The molecule has 0 saturated heterocycles. The second kappa shape index (κ2) is 7.25. The highest BCUT2D eigenvalue weighted by Crippen LogP contribution is 2.03. The van der Waals surface area contributed by atoms with Gasteiger partial charge >= 0.3 is 0 Å². The minimum atomic E-state index is -0.433. The van der Waals surface area contributed by atoms with Crippen molar-refractivity contribution >= 4 is 18.3 Å². The summed E-state index contributed by atoms with van der Waals surface area (Å²) in [6, 6.07) is 9.40. The average Bonchev–Trinajstić information content (AvgIpc) is 2.28. The predicted molar refractivity (Wildman–Crippen MR) is 68.7 cm³/mol. The van der Waals surface area contributed by atoms with Crippen molar-refractivity contribution < 1.29 is 4.79 Å². The molecule has 1 amide bonds. The van der Waals surface area contributed by atoms with Gasteiger partial charge in [-0.25, -0.2) is 0 Å². The van der Waals surface area contributed by atoms with Gasteiger partial charge in [-0.05, 0) is 18.9 Å². The third-order valence-electron chi connectivity index (χ3n) is 2.47. The van der Waals surface area contributed by atoms with E-state index in [-0.39, 0.29) is 18.3 Å². The van der Waals surface area contributed by atoms with Gasteiger partial charge in [-0.3, -0.25) is 4.79 Å². The Bertz CT molecular complexity index is 316. The lowest BCUT2D eigenvalue weighted by Gasteiger charge is -2.19. The zero-order chi connectivity index (χ0) is 11.3. The molecule has 1 aromatic rings. The fourth-order valence-corrected chi connectivity index (χ4v) is 1.39. The van der Waals surface area contributed by atoms with Gasteiger partial charge in [0.25, 0.3) is 0 Å². The Kier molecular flexibility index (Phi) is 6.77. The van der Waals surface area contributed by atoms with E-state index in [1.54, 1.807) is 11.9 Å². The first kappa shape index (κ1) is 14.9. The first-order chi connectivity index (χ1) is 7.15. The molecule has 3 nitrogen and oxygen atoms in total. The van der Waals surface area contributed by atoms with Crippen molar-refractivity contribution in [3.8, 4) is 0 Å². The molecule has 1 atom stereocenters. The Labute approximate surface area is 103 Å². The van der Waals surface area contributed by atoms with Gasteiger partial charge in [-0.15, -0.1) is 12.4 Å². The smallest absolute Gasteiger partial charge is 0.239 e. The summed E-state index contributed by atoms with van der Waals surface area (Å²) >= 11 is 0. The number of hydrogen-bond acceptors (Lipinski definition) is 2. The number of hydrogen-bond donors (Lipinski definition) is 1. The van der Waals surface area contributed by atoms with Crippen molar-refractivity contribution in [2.75, 3.05) is 13.6 Å². The second-order valence-electron chi connectivity index (χ2n) is 3.65. The van der Waals surface area contributed by atoms with E-state index in [2.05, 4.69) is 0 Å². The van der Waals surface area contributed by atoms with Crippen LogP contribution in [-0.4, -0.2) is 30.4 Å². The van der Waals surface area contributed by atoms with Crippen LogP contribution in [0.3, 0.4) is 0 Å². The van der Waals surface area contributed by atoms with Crippen LogP contribution >= 0.6 is 12.4 Å². The molecule has 4 heteroatoms. The van der Waals surface area contributed by atoms with E-state index in [0.29, 0.717) is 13.0 Å². The zero-order valence-electron chi connectivity index (χ0n) is 9.72. The van der Waals surface area contributed by atoms with Crippen LogP contribution in [0.1, 0.15) is 12.5 Å². The Hall–Kier alpha value is -1.06. The standard InChI is InChI=1S/C12H18N2O.ClH/c1-3-14(2)12(15)11(13)9-10-7-5-4-6-8-10;/h4-8,11H,3,9,13H2,1-2H3;1H. The number of carbonyl (C=O) groups excluding carboxylic acids is 1. The van der Waals surface area contributed by atoms with Crippen molar-refractivity contribution in [1.82, 2.24) is 4.90 Å². The number of halogens is 1. The lowest BCUT2D eigenvalue weighted by atomic mass is 10.1. The Balaban J connectivity index is 0.00000225. The van der Waals surface area contributed by atoms with Gasteiger partial charge in [0.15, 0.2) is 0 Å². The highest BCUT2D eigenvalue weighted by atomic mass is 35.5. The average molecular weight is 243 g/mol. The second-order valence-corrected chi connectivity index (χ2v) is 3.65. The first-order valence-electron chi connectivity index (χ1n) is 5.19. The van der Waals surface area contributed by atoms with Gasteiger partial charge in [-0.2, -0.15) is 0 Å². The molecule has 1 unspecified atom stereocenters. The molecule has 1 rings (SSSR count). The Morgan fingerprint density at radius 2 is 1.94 bits per heavy atom. The first-order valence-corrected chi connectivity index (χ1v) is 5.19. The van der Waals surface area contributed by atoms with Crippen molar-refractivity contribution in [3.05, 3.63) is 35.9 Å². The van der Waals surface area contributed by atoms with Gasteiger partial charge in [0, 0.05) is 13.6 Å². The quantitative estimate of drug-likeness (QED) is 0.869. The summed E-state index contributed by atoms with van der Waals surface area (Å²) in [6.07, 6.45) is 0.601. The number of carbonyl (C=O) groups is 1. The maximum Gasteiger partial charge on any atom is 0.239 e. The van der Waals surface area contributed by atoms with Gasteiger partial charge in [0.05, 0.1) is 6.04 Å². The van der Waals surface area contributed by atoms with Crippen LogP contribution < -0.4 is 5.73 Å². The summed E-state index contributed by atoms with van der Waals surface area (Å²) < 4.78 is 0. The maximum absolute atomic E-state index is 11.7. The molecule has 0 spiro atoms. The largest absolute Gasteiger partial charge is 0.345 e. The fraction of sp³-hybridized carbons (Fsp3) is 0.417. The van der Waals surface area contributed by atoms with Gasteiger partial charge in [0.1, 0.15) is 0 Å². The van der Waals surface area contributed by atoms with Gasteiger partial charge < -0.3 is 10.6 Å². The number of nitrogens with zero attached hydrogens (tertiary/aromatic N) is 1. The fourth-order valence-electron chi connectivity index (χ4n) is 1.39. The molecular formula is C12H19ClN2O. The predicted octanol–water partition coefficient (Wildman–Crippen LogP) is 1.46. The molecule has 0 fully saturated rings. The summed E-state index contributed by atoms with van der Waals surface area (Å²) in [6.45, 7) is 2.63. The minimum absolute atomic E-state index is 0. The molecular weight excluding hydrogens is 224 g/mol. The van der Waals surface area contributed by atoms with Crippen molar-refractivity contribution in [3.63, 3.8) is 0 Å². The Morgan fingerprint density at radius 3 is 2.44 bits per heavy atom. The van der Waals surface area contributed by atoms with E-state index in [4.69, 9.17) is 5.73 Å². The van der Waals surface area contributed by atoms with E-state index < -0.39 is 6.04 Å². The summed E-state index contributed by atoms with van der Waals surface area (Å²) in [4.78, 5) is 13.3. The highest BCUT2D eigenvalue weighted by molar-refractivity contribution is 5.85. The van der Waals surface area contributed by atoms with Crippen LogP contribution in [0.25, 0.3) is 0 Å².